The van der Waals surface area contributed by atoms with E-state index in [9.17, 15) is 15.0 Å². The van der Waals surface area contributed by atoms with E-state index in [1.54, 1.807) is 6.08 Å². The highest BCUT2D eigenvalue weighted by molar-refractivity contribution is 5.76. The minimum absolute atomic E-state index is 0.0735. The molecule has 3 rings (SSSR count). The molecule has 1 amide bonds. The Hall–Kier alpha value is -2.11. The van der Waals surface area contributed by atoms with E-state index in [-0.39, 0.29) is 24.5 Å². The van der Waals surface area contributed by atoms with Crippen LogP contribution in [0.3, 0.4) is 0 Å². The first-order valence-corrected chi connectivity index (χ1v) is 12.2. The zero-order valence-corrected chi connectivity index (χ0v) is 19.5. The topological polar surface area (TPSA) is 70.0 Å². The summed E-state index contributed by atoms with van der Waals surface area (Å²) in [5.74, 6) is 1.91. The standard InChI is InChI=1S/C27H39NO4/c1-3-28(4-2)27(31)13-9-8-10-20-16-21-18-26(30)24(25(21)17-20)15-14-22(29)19-32-23-11-6-5-7-12-23/h5-7,11-12,14-16,21-22,24-26,29-30H,3-4,8-10,13,17-19H2,1-2H3/b15-14+/t21-,22+,24+,25-,26+/m0/s1. The van der Waals surface area contributed by atoms with Crippen molar-refractivity contribution in [3.63, 3.8) is 0 Å². The van der Waals surface area contributed by atoms with Crippen molar-refractivity contribution in [3.8, 4) is 5.75 Å². The number of amides is 1. The summed E-state index contributed by atoms with van der Waals surface area (Å²) in [5.41, 5.74) is 1.47. The molecule has 0 aliphatic heterocycles. The molecule has 5 heteroatoms. The van der Waals surface area contributed by atoms with Crippen LogP contribution in [0.15, 0.2) is 54.1 Å². The Kier molecular flexibility index (Phi) is 9.36. The summed E-state index contributed by atoms with van der Waals surface area (Å²) in [6, 6.07) is 9.47. The lowest BCUT2D eigenvalue weighted by Gasteiger charge is -2.19. The average molecular weight is 442 g/mol. The van der Waals surface area contributed by atoms with Crippen LogP contribution >= 0.6 is 0 Å². The van der Waals surface area contributed by atoms with Crippen LogP contribution in [-0.2, 0) is 4.79 Å². The van der Waals surface area contributed by atoms with Gasteiger partial charge in [-0.2, -0.15) is 0 Å². The number of nitrogens with zero attached hydrogens (tertiary/aromatic N) is 1. The van der Waals surface area contributed by atoms with Crippen LogP contribution < -0.4 is 4.74 Å². The van der Waals surface area contributed by atoms with E-state index in [1.165, 1.54) is 5.57 Å². The van der Waals surface area contributed by atoms with E-state index in [1.807, 2.05) is 55.2 Å². The Morgan fingerprint density at radius 2 is 1.97 bits per heavy atom. The Morgan fingerprint density at radius 3 is 2.69 bits per heavy atom. The highest BCUT2D eigenvalue weighted by Gasteiger charge is 2.43. The highest BCUT2D eigenvalue weighted by Crippen LogP contribution is 2.48. The van der Waals surface area contributed by atoms with Gasteiger partial charge >= 0.3 is 0 Å². The number of hydrogen-bond acceptors (Lipinski definition) is 4. The van der Waals surface area contributed by atoms with Crippen LogP contribution in [-0.4, -0.2) is 52.9 Å². The predicted octanol–water partition coefficient (Wildman–Crippen LogP) is 4.35. The third-order valence-electron chi connectivity index (χ3n) is 6.92. The maximum atomic E-state index is 12.1. The first kappa shape index (κ1) is 24.5. The zero-order valence-electron chi connectivity index (χ0n) is 19.5. The summed E-state index contributed by atoms with van der Waals surface area (Å²) >= 11 is 0. The van der Waals surface area contributed by atoms with Gasteiger partial charge in [-0.3, -0.25) is 4.79 Å². The van der Waals surface area contributed by atoms with E-state index in [2.05, 4.69) is 6.08 Å². The molecule has 2 N–H and O–H groups in total. The Labute approximate surface area is 192 Å². The third-order valence-corrected chi connectivity index (χ3v) is 6.92. The molecule has 0 heterocycles. The zero-order chi connectivity index (χ0) is 22.9. The summed E-state index contributed by atoms with van der Waals surface area (Å²) in [7, 11) is 0. The van der Waals surface area contributed by atoms with Crippen molar-refractivity contribution in [2.75, 3.05) is 19.7 Å². The Morgan fingerprint density at radius 1 is 1.22 bits per heavy atom. The first-order chi connectivity index (χ1) is 15.5. The quantitative estimate of drug-likeness (QED) is 0.374. The number of fused-ring (bicyclic) bond motifs is 1. The van der Waals surface area contributed by atoms with Gasteiger partial charge in [0.1, 0.15) is 18.5 Å². The molecule has 2 aliphatic rings. The molecule has 176 valence electrons. The maximum absolute atomic E-state index is 12.1. The van der Waals surface area contributed by atoms with Crippen molar-refractivity contribution in [1.29, 1.82) is 0 Å². The van der Waals surface area contributed by atoms with Crippen molar-refractivity contribution in [2.45, 2.75) is 64.6 Å². The molecule has 5 nitrogen and oxygen atoms in total. The molecule has 0 saturated heterocycles. The number of allylic oxidation sites excluding steroid dienone is 2. The van der Waals surface area contributed by atoms with Crippen molar-refractivity contribution < 1.29 is 19.7 Å². The van der Waals surface area contributed by atoms with Gasteiger partial charge in [-0.25, -0.2) is 0 Å². The molecule has 0 radical (unpaired) electrons. The summed E-state index contributed by atoms with van der Waals surface area (Å²) in [6.07, 6.45) is 10.5. The van der Waals surface area contributed by atoms with Crippen molar-refractivity contribution in [2.24, 2.45) is 17.8 Å². The molecule has 5 atom stereocenters. The van der Waals surface area contributed by atoms with E-state index in [4.69, 9.17) is 4.74 Å². The number of ether oxygens (including phenoxy) is 1. The number of carbonyl (C=O) groups excluding carboxylic acids is 1. The number of benzene rings is 1. The Balaban J connectivity index is 1.41. The van der Waals surface area contributed by atoms with E-state index < -0.39 is 6.10 Å². The fraction of sp³-hybridized carbons (Fsp3) is 0.593. The van der Waals surface area contributed by atoms with E-state index in [0.717, 1.165) is 50.9 Å². The van der Waals surface area contributed by atoms with Gasteiger partial charge in [0.25, 0.3) is 0 Å². The molecule has 0 spiro atoms. The van der Waals surface area contributed by atoms with Crippen molar-refractivity contribution in [1.82, 2.24) is 4.90 Å². The van der Waals surface area contributed by atoms with Gasteiger partial charge in [0.05, 0.1) is 6.10 Å². The number of rotatable bonds is 12. The van der Waals surface area contributed by atoms with Crippen molar-refractivity contribution >= 4 is 5.91 Å². The molecular formula is C27H39NO4. The molecule has 1 fully saturated rings. The highest BCUT2D eigenvalue weighted by atomic mass is 16.5. The SMILES string of the molecule is CCN(CC)C(=O)CCCCC1=C[C@H]2C[C@@H](O)[C@H](/C=C/[C@@H](O)COc3ccccc3)[C@H]2C1. The summed E-state index contributed by atoms with van der Waals surface area (Å²) in [4.78, 5) is 14.0. The van der Waals surface area contributed by atoms with Crippen LogP contribution in [0.5, 0.6) is 5.75 Å². The number of aliphatic hydroxyl groups is 2. The minimum atomic E-state index is -0.696. The fourth-order valence-electron chi connectivity index (χ4n) is 5.16. The van der Waals surface area contributed by atoms with E-state index in [0.29, 0.717) is 18.3 Å². The number of hydrogen-bond donors (Lipinski definition) is 2. The molecule has 1 saturated carbocycles. The van der Waals surface area contributed by atoms with Gasteiger partial charge in [0, 0.05) is 25.4 Å². The molecule has 2 aliphatic carbocycles. The monoisotopic (exact) mass is 441 g/mol. The van der Waals surface area contributed by atoms with Gasteiger partial charge < -0.3 is 19.8 Å². The molecule has 0 bridgehead atoms. The van der Waals surface area contributed by atoms with Crippen LogP contribution in [0.25, 0.3) is 0 Å². The summed E-state index contributed by atoms with van der Waals surface area (Å²) in [5, 5.41) is 20.8. The lowest BCUT2D eigenvalue weighted by Crippen LogP contribution is -2.30. The van der Waals surface area contributed by atoms with Crippen molar-refractivity contribution in [3.05, 3.63) is 54.1 Å². The molecule has 1 aromatic rings. The van der Waals surface area contributed by atoms with E-state index >= 15 is 0 Å². The van der Waals surface area contributed by atoms with Crippen LogP contribution in [0.2, 0.25) is 0 Å². The molecule has 0 aromatic heterocycles. The molecule has 0 unspecified atom stereocenters. The molecule has 32 heavy (non-hydrogen) atoms. The normalized spacial score (nSPS) is 25.6. The minimum Gasteiger partial charge on any atom is -0.491 e. The summed E-state index contributed by atoms with van der Waals surface area (Å²) < 4.78 is 5.61. The van der Waals surface area contributed by atoms with Gasteiger partial charge in [-0.15, -0.1) is 0 Å². The predicted molar refractivity (Wildman–Crippen MR) is 127 cm³/mol. The molecular weight excluding hydrogens is 402 g/mol. The smallest absolute Gasteiger partial charge is 0.222 e. The van der Waals surface area contributed by atoms with Crippen LogP contribution in [0, 0.1) is 17.8 Å². The summed E-state index contributed by atoms with van der Waals surface area (Å²) in [6.45, 7) is 5.83. The van der Waals surface area contributed by atoms with Gasteiger partial charge in [0.2, 0.25) is 5.91 Å². The van der Waals surface area contributed by atoms with Gasteiger partial charge in [-0.05, 0) is 69.9 Å². The second-order valence-corrected chi connectivity index (χ2v) is 9.09. The average Bonchev–Trinajstić information content (AvgIpc) is 3.31. The molecule has 1 aromatic carbocycles. The van der Waals surface area contributed by atoms with Crippen LogP contribution in [0.1, 0.15) is 52.4 Å². The van der Waals surface area contributed by atoms with Gasteiger partial charge in [-0.1, -0.05) is 42.0 Å². The van der Waals surface area contributed by atoms with Crippen LogP contribution in [0.4, 0.5) is 0 Å². The Bertz CT molecular complexity index is 771. The third kappa shape index (κ3) is 6.69. The number of para-hydroxylation sites is 1. The van der Waals surface area contributed by atoms with Gasteiger partial charge in [0.15, 0.2) is 0 Å². The number of unbranched alkanes of at least 4 members (excludes halogenated alkanes) is 1. The maximum Gasteiger partial charge on any atom is 0.222 e. The number of carbonyl (C=O) groups is 1. The lowest BCUT2D eigenvalue weighted by molar-refractivity contribution is -0.130. The number of aliphatic hydroxyl groups excluding tert-OH is 2. The second-order valence-electron chi connectivity index (χ2n) is 9.09. The first-order valence-electron chi connectivity index (χ1n) is 12.2. The lowest BCUT2D eigenvalue weighted by atomic mass is 9.88. The fourth-order valence-corrected chi connectivity index (χ4v) is 5.16. The second kappa shape index (κ2) is 12.2. The largest absolute Gasteiger partial charge is 0.491 e.